The number of esters is 2. The minimum atomic E-state index is -0.444. The molecule has 0 atom stereocenters. The molecular formula is C36H64O4. The Morgan fingerprint density at radius 3 is 0.950 bits per heavy atom. The summed E-state index contributed by atoms with van der Waals surface area (Å²) in [6.45, 7) is 9.73. The van der Waals surface area contributed by atoms with Crippen LogP contribution in [0.25, 0.3) is 0 Å². The van der Waals surface area contributed by atoms with Crippen molar-refractivity contribution in [3.8, 4) is 0 Å². The molecule has 1 aromatic carbocycles. The van der Waals surface area contributed by atoms with Gasteiger partial charge in [-0.25, -0.2) is 9.59 Å². The molecule has 0 amide bonds. The van der Waals surface area contributed by atoms with E-state index in [0.29, 0.717) is 24.3 Å². The molecule has 4 heteroatoms. The fraction of sp³-hybridized carbons (Fsp3) is 0.778. The predicted molar refractivity (Wildman–Crippen MR) is 171 cm³/mol. The third kappa shape index (κ3) is 22.9. The van der Waals surface area contributed by atoms with Crippen LogP contribution in [0.3, 0.4) is 0 Å². The van der Waals surface area contributed by atoms with E-state index in [4.69, 9.17) is 9.47 Å². The minimum absolute atomic E-state index is 0.293. The van der Waals surface area contributed by atoms with E-state index in [1.165, 1.54) is 116 Å². The van der Waals surface area contributed by atoms with Crippen LogP contribution in [0.15, 0.2) is 24.3 Å². The molecule has 0 saturated carbocycles. The lowest BCUT2D eigenvalue weighted by molar-refractivity contribution is 0.0450. The summed E-state index contributed by atoms with van der Waals surface area (Å²) in [5, 5.41) is 0. The van der Waals surface area contributed by atoms with E-state index in [-0.39, 0.29) is 0 Å². The van der Waals surface area contributed by atoms with E-state index in [1.54, 1.807) is 24.3 Å². The zero-order valence-electron chi connectivity index (χ0n) is 26.9. The van der Waals surface area contributed by atoms with Crippen molar-refractivity contribution < 1.29 is 19.1 Å². The van der Waals surface area contributed by atoms with Gasteiger partial charge in [0.05, 0.1) is 24.3 Å². The summed E-state index contributed by atoms with van der Waals surface area (Å²) in [4.78, 5) is 24.7. The highest BCUT2D eigenvalue weighted by atomic mass is 16.5. The maximum absolute atomic E-state index is 12.4. The first-order valence-electron chi connectivity index (χ1n) is 17.0. The van der Waals surface area contributed by atoms with Gasteiger partial charge in [-0.2, -0.15) is 0 Å². The average molecular weight is 561 g/mol. The average Bonchev–Trinajstić information content (AvgIpc) is 2.97. The van der Waals surface area contributed by atoms with Crippen molar-refractivity contribution in [2.75, 3.05) is 13.2 Å². The van der Waals surface area contributed by atoms with Crippen molar-refractivity contribution in [2.24, 2.45) is 0 Å². The molecule has 40 heavy (non-hydrogen) atoms. The normalized spacial score (nSPS) is 10.6. The predicted octanol–water partition coefficient (Wildman–Crippen LogP) is 11.6. The van der Waals surface area contributed by atoms with Gasteiger partial charge in [-0.05, 0) is 25.0 Å². The second-order valence-electron chi connectivity index (χ2n) is 11.2. The van der Waals surface area contributed by atoms with E-state index in [9.17, 15) is 9.59 Å². The standard InChI is InChI=1S/C24H38O4.C12H26/c1-3-5-7-9-11-15-19-27-23(25)21-17-13-14-18-22(21)24(26)28-20-16-12-10-8-6-4-2;1-3-5-7-9-11-12-10-8-6-4-2/h13-14,17-18H,3-12,15-16,19-20H2,1-2H3;3-12H2,1-2H3. The molecular weight excluding hydrogens is 496 g/mol. The number of ether oxygens (including phenoxy) is 2. The van der Waals surface area contributed by atoms with Crippen molar-refractivity contribution in [2.45, 2.75) is 169 Å². The van der Waals surface area contributed by atoms with Gasteiger partial charge in [-0.15, -0.1) is 0 Å². The molecule has 1 aromatic rings. The highest BCUT2D eigenvalue weighted by Crippen LogP contribution is 2.14. The van der Waals surface area contributed by atoms with Gasteiger partial charge in [0.25, 0.3) is 0 Å². The molecule has 0 aliphatic carbocycles. The molecule has 232 valence electrons. The van der Waals surface area contributed by atoms with E-state index >= 15 is 0 Å². The molecule has 1 rings (SSSR count). The van der Waals surface area contributed by atoms with Crippen LogP contribution in [-0.4, -0.2) is 25.2 Å². The molecule has 0 spiro atoms. The molecule has 0 saturated heterocycles. The summed E-state index contributed by atoms with van der Waals surface area (Å²) < 4.78 is 10.7. The van der Waals surface area contributed by atoms with Crippen molar-refractivity contribution in [1.29, 1.82) is 0 Å². The summed E-state index contributed by atoms with van der Waals surface area (Å²) in [6, 6.07) is 6.74. The Labute approximate surface area is 248 Å². The first-order chi connectivity index (χ1) is 19.6. The smallest absolute Gasteiger partial charge is 0.339 e. The third-order valence-electron chi connectivity index (χ3n) is 7.29. The molecule has 0 heterocycles. The summed E-state index contributed by atoms with van der Waals surface area (Å²) in [5.41, 5.74) is 0.586. The lowest BCUT2D eigenvalue weighted by atomic mass is 10.1. The summed E-state index contributed by atoms with van der Waals surface area (Å²) in [5.74, 6) is -0.888. The SMILES string of the molecule is CCCCCCCCCCCC.CCCCCCCCOC(=O)c1ccccc1C(=O)OCCCCCCCC. The second-order valence-corrected chi connectivity index (χ2v) is 11.2. The van der Waals surface area contributed by atoms with Crippen LogP contribution >= 0.6 is 0 Å². The van der Waals surface area contributed by atoms with Gasteiger partial charge >= 0.3 is 11.9 Å². The maximum atomic E-state index is 12.4. The van der Waals surface area contributed by atoms with E-state index in [0.717, 1.165) is 25.7 Å². The topological polar surface area (TPSA) is 52.6 Å². The Morgan fingerprint density at radius 1 is 0.425 bits per heavy atom. The fourth-order valence-electron chi connectivity index (χ4n) is 4.65. The van der Waals surface area contributed by atoms with Crippen molar-refractivity contribution in [3.63, 3.8) is 0 Å². The molecule has 0 aliphatic heterocycles. The Kier molecular flexibility index (Phi) is 28.7. The van der Waals surface area contributed by atoms with Gasteiger partial charge < -0.3 is 9.47 Å². The molecule has 0 radical (unpaired) electrons. The molecule has 0 bridgehead atoms. The molecule has 0 unspecified atom stereocenters. The third-order valence-corrected chi connectivity index (χ3v) is 7.29. The Hall–Kier alpha value is -1.84. The quantitative estimate of drug-likeness (QED) is 0.0881. The van der Waals surface area contributed by atoms with E-state index in [1.807, 2.05) is 0 Å². The number of benzene rings is 1. The zero-order chi connectivity index (χ0) is 29.5. The number of hydrogen-bond donors (Lipinski definition) is 0. The van der Waals surface area contributed by atoms with Crippen molar-refractivity contribution in [1.82, 2.24) is 0 Å². The van der Waals surface area contributed by atoms with Crippen LogP contribution < -0.4 is 0 Å². The molecule has 4 nitrogen and oxygen atoms in total. The van der Waals surface area contributed by atoms with Crippen LogP contribution in [0.4, 0.5) is 0 Å². The van der Waals surface area contributed by atoms with Crippen LogP contribution in [0.5, 0.6) is 0 Å². The molecule has 0 aliphatic rings. The van der Waals surface area contributed by atoms with Crippen molar-refractivity contribution in [3.05, 3.63) is 35.4 Å². The van der Waals surface area contributed by atoms with E-state index < -0.39 is 11.9 Å². The number of hydrogen-bond acceptors (Lipinski definition) is 4. The van der Waals surface area contributed by atoms with Gasteiger partial charge in [0.1, 0.15) is 0 Å². The van der Waals surface area contributed by atoms with Gasteiger partial charge in [-0.1, -0.05) is 168 Å². The lowest BCUT2D eigenvalue weighted by Gasteiger charge is -2.10. The fourth-order valence-corrected chi connectivity index (χ4v) is 4.65. The first-order valence-corrected chi connectivity index (χ1v) is 17.0. The van der Waals surface area contributed by atoms with Gasteiger partial charge in [-0.3, -0.25) is 0 Å². The number of unbranched alkanes of at least 4 members (excludes halogenated alkanes) is 19. The molecule has 0 N–H and O–H groups in total. The summed E-state index contributed by atoms with van der Waals surface area (Å²) in [7, 11) is 0. The number of carbonyl (C=O) groups excluding carboxylic acids is 2. The van der Waals surface area contributed by atoms with Crippen LogP contribution in [0, 0.1) is 0 Å². The van der Waals surface area contributed by atoms with Crippen LogP contribution in [0.1, 0.15) is 190 Å². The first kappa shape index (κ1) is 38.2. The zero-order valence-corrected chi connectivity index (χ0v) is 26.9. The Morgan fingerprint density at radius 2 is 0.675 bits per heavy atom. The maximum Gasteiger partial charge on any atom is 0.339 e. The van der Waals surface area contributed by atoms with Gasteiger partial charge in [0, 0.05) is 0 Å². The van der Waals surface area contributed by atoms with Crippen LogP contribution in [-0.2, 0) is 9.47 Å². The summed E-state index contributed by atoms with van der Waals surface area (Å²) in [6.07, 6.45) is 28.1. The number of carbonyl (C=O) groups is 2. The van der Waals surface area contributed by atoms with Crippen molar-refractivity contribution >= 4 is 11.9 Å². The highest BCUT2D eigenvalue weighted by molar-refractivity contribution is 6.03. The molecule has 0 aromatic heterocycles. The summed E-state index contributed by atoms with van der Waals surface area (Å²) >= 11 is 0. The molecule has 0 fully saturated rings. The lowest BCUT2D eigenvalue weighted by Crippen LogP contribution is -2.15. The highest BCUT2D eigenvalue weighted by Gasteiger charge is 2.18. The van der Waals surface area contributed by atoms with Gasteiger partial charge in [0.15, 0.2) is 0 Å². The Bertz CT molecular complexity index is 641. The monoisotopic (exact) mass is 560 g/mol. The van der Waals surface area contributed by atoms with Crippen LogP contribution in [0.2, 0.25) is 0 Å². The number of rotatable bonds is 25. The Balaban J connectivity index is 0.00000106. The second kappa shape index (κ2) is 30.1. The largest absolute Gasteiger partial charge is 0.462 e. The van der Waals surface area contributed by atoms with E-state index in [2.05, 4.69) is 27.7 Å². The minimum Gasteiger partial charge on any atom is -0.462 e. The van der Waals surface area contributed by atoms with Gasteiger partial charge in [0.2, 0.25) is 0 Å².